The zero-order valence-electron chi connectivity index (χ0n) is 8.79. The third-order valence-electron chi connectivity index (χ3n) is 2.02. The summed E-state index contributed by atoms with van der Waals surface area (Å²) in [6, 6.07) is 2.86. The molecule has 0 aliphatic rings. The SMILES string of the molecule is Cc1cc([N+](=O)[O-])cc(C#CCCBr)c1N. The Hall–Kier alpha value is -1.54. The van der Waals surface area contributed by atoms with Crippen LogP contribution in [0.2, 0.25) is 0 Å². The Labute approximate surface area is 102 Å². The number of aryl methyl sites for hydroxylation is 1. The maximum atomic E-state index is 10.7. The van der Waals surface area contributed by atoms with Crippen molar-refractivity contribution >= 4 is 27.3 Å². The summed E-state index contributed by atoms with van der Waals surface area (Å²) in [5.41, 5.74) is 7.53. The fourth-order valence-electron chi connectivity index (χ4n) is 1.19. The normalized spacial score (nSPS) is 9.38. The summed E-state index contributed by atoms with van der Waals surface area (Å²) in [5, 5.41) is 11.4. The van der Waals surface area contributed by atoms with Gasteiger partial charge in [-0.1, -0.05) is 27.8 Å². The average molecular weight is 283 g/mol. The molecule has 0 amide bonds. The van der Waals surface area contributed by atoms with Crippen molar-refractivity contribution in [3.63, 3.8) is 0 Å². The van der Waals surface area contributed by atoms with Gasteiger partial charge in [0, 0.05) is 23.9 Å². The number of non-ortho nitro benzene ring substituents is 1. The van der Waals surface area contributed by atoms with Crippen LogP contribution in [0.4, 0.5) is 11.4 Å². The molecule has 0 aliphatic carbocycles. The number of nitrogens with zero attached hydrogens (tertiary/aromatic N) is 1. The second-order valence-electron chi connectivity index (χ2n) is 3.22. The first-order valence-corrected chi connectivity index (χ1v) is 5.77. The Morgan fingerprint density at radius 2 is 2.25 bits per heavy atom. The molecule has 16 heavy (non-hydrogen) atoms. The third-order valence-corrected chi connectivity index (χ3v) is 2.42. The Bertz CT molecular complexity index is 475. The minimum absolute atomic E-state index is 0.0230. The van der Waals surface area contributed by atoms with Crippen molar-refractivity contribution < 1.29 is 4.92 Å². The molecule has 0 bridgehead atoms. The number of halogens is 1. The number of nitrogens with two attached hydrogens (primary N) is 1. The first kappa shape index (κ1) is 12.5. The second kappa shape index (κ2) is 5.52. The van der Waals surface area contributed by atoms with Gasteiger partial charge in [-0.05, 0) is 12.5 Å². The van der Waals surface area contributed by atoms with E-state index in [0.29, 0.717) is 23.2 Å². The van der Waals surface area contributed by atoms with Gasteiger partial charge in [-0.25, -0.2) is 0 Å². The van der Waals surface area contributed by atoms with Crippen LogP contribution in [0.3, 0.4) is 0 Å². The fraction of sp³-hybridized carbons (Fsp3) is 0.273. The van der Waals surface area contributed by atoms with Gasteiger partial charge in [0.05, 0.1) is 16.2 Å². The Morgan fingerprint density at radius 3 is 2.81 bits per heavy atom. The van der Waals surface area contributed by atoms with Crippen LogP contribution in [0.1, 0.15) is 17.5 Å². The van der Waals surface area contributed by atoms with Crippen LogP contribution < -0.4 is 5.73 Å². The number of hydrogen-bond acceptors (Lipinski definition) is 3. The predicted octanol–water partition coefficient (Wildman–Crippen LogP) is 2.62. The highest BCUT2D eigenvalue weighted by Gasteiger charge is 2.10. The Balaban J connectivity index is 3.18. The van der Waals surface area contributed by atoms with Crippen LogP contribution in [0.15, 0.2) is 12.1 Å². The summed E-state index contributed by atoms with van der Waals surface area (Å²) in [7, 11) is 0. The van der Waals surface area contributed by atoms with E-state index in [1.807, 2.05) is 0 Å². The molecule has 0 spiro atoms. The van der Waals surface area contributed by atoms with Gasteiger partial charge < -0.3 is 5.73 Å². The van der Waals surface area contributed by atoms with Crippen molar-refractivity contribution in [2.24, 2.45) is 0 Å². The van der Waals surface area contributed by atoms with Crippen LogP contribution in [-0.2, 0) is 0 Å². The fourth-order valence-corrected chi connectivity index (χ4v) is 1.39. The van der Waals surface area contributed by atoms with Crippen molar-refractivity contribution in [1.82, 2.24) is 0 Å². The van der Waals surface area contributed by atoms with E-state index < -0.39 is 4.92 Å². The van der Waals surface area contributed by atoms with Crippen LogP contribution in [0.25, 0.3) is 0 Å². The van der Waals surface area contributed by atoms with E-state index in [1.54, 1.807) is 6.92 Å². The smallest absolute Gasteiger partial charge is 0.271 e. The molecule has 5 heteroatoms. The molecule has 0 saturated heterocycles. The van der Waals surface area contributed by atoms with Crippen molar-refractivity contribution in [2.75, 3.05) is 11.1 Å². The van der Waals surface area contributed by atoms with Crippen LogP contribution >= 0.6 is 15.9 Å². The number of nitro groups is 1. The molecule has 0 saturated carbocycles. The van der Waals surface area contributed by atoms with Crippen molar-refractivity contribution in [1.29, 1.82) is 0 Å². The first-order chi connectivity index (χ1) is 7.56. The van der Waals surface area contributed by atoms with Gasteiger partial charge in [-0.2, -0.15) is 0 Å². The van der Waals surface area contributed by atoms with Gasteiger partial charge in [0.25, 0.3) is 5.69 Å². The highest BCUT2D eigenvalue weighted by molar-refractivity contribution is 9.09. The standard InChI is InChI=1S/C11H11BrN2O2/c1-8-6-10(14(15)16)7-9(11(8)13)4-2-3-5-12/h6-7H,3,5,13H2,1H3. The predicted molar refractivity (Wildman–Crippen MR) is 67.5 cm³/mol. The third kappa shape index (κ3) is 2.97. The van der Waals surface area contributed by atoms with Crippen LogP contribution in [0.5, 0.6) is 0 Å². The lowest BCUT2D eigenvalue weighted by molar-refractivity contribution is -0.384. The second-order valence-corrected chi connectivity index (χ2v) is 4.01. The largest absolute Gasteiger partial charge is 0.397 e. The summed E-state index contributed by atoms with van der Waals surface area (Å²) in [6.45, 7) is 1.73. The van der Waals surface area contributed by atoms with E-state index in [9.17, 15) is 10.1 Å². The van der Waals surface area contributed by atoms with E-state index in [0.717, 1.165) is 5.33 Å². The summed E-state index contributed by atoms with van der Waals surface area (Å²) in [5.74, 6) is 5.73. The summed E-state index contributed by atoms with van der Waals surface area (Å²) < 4.78 is 0. The molecule has 0 unspecified atom stereocenters. The number of alkyl halides is 1. The Kier molecular flexibility index (Phi) is 4.32. The molecular formula is C11H11BrN2O2. The van der Waals surface area contributed by atoms with Crippen LogP contribution in [0, 0.1) is 28.9 Å². The van der Waals surface area contributed by atoms with E-state index >= 15 is 0 Å². The van der Waals surface area contributed by atoms with Crippen molar-refractivity contribution in [3.8, 4) is 11.8 Å². The maximum absolute atomic E-state index is 10.7. The van der Waals surface area contributed by atoms with Crippen molar-refractivity contribution in [2.45, 2.75) is 13.3 Å². The monoisotopic (exact) mass is 282 g/mol. The molecule has 0 atom stereocenters. The molecular weight excluding hydrogens is 272 g/mol. The summed E-state index contributed by atoms with van der Waals surface area (Å²) in [4.78, 5) is 10.2. The first-order valence-electron chi connectivity index (χ1n) is 4.65. The minimum atomic E-state index is -0.442. The average Bonchev–Trinajstić information content (AvgIpc) is 2.24. The summed E-state index contributed by atoms with van der Waals surface area (Å²) >= 11 is 3.25. The molecule has 2 N–H and O–H groups in total. The summed E-state index contributed by atoms with van der Waals surface area (Å²) in [6.07, 6.45) is 0.682. The lowest BCUT2D eigenvalue weighted by Crippen LogP contribution is -1.97. The van der Waals surface area contributed by atoms with Gasteiger partial charge >= 0.3 is 0 Å². The van der Waals surface area contributed by atoms with Crippen LogP contribution in [-0.4, -0.2) is 10.3 Å². The molecule has 0 heterocycles. The number of benzene rings is 1. The quantitative estimate of drug-likeness (QED) is 0.298. The topological polar surface area (TPSA) is 69.2 Å². The molecule has 1 rings (SSSR count). The van der Waals surface area contributed by atoms with E-state index in [1.165, 1.54) is 12.1 Å². The zero-order chi connectivity index (χ0) is 12.1. The number of rotatable bonds is 2. The molecule has 4 nitrogen and oxygen atoms in total. The highest BCUT2D eigenvalue weighted by Crippen LogP contribution is 2.23. The molecule has 0 radical (unpaired) electrons. The zero-order valence-corrected chi connectivity index (χ0v) is 10.4. The minimum Gasteiger partial charge on any atom is -0.397 e. The van der Waals surface area contributed by atoms with Gasteiger partial charge in [0.1, 0.15) is 0 Å². The van der Waals surface area contributed by atoms with E-state index in [4.69, 9.17) is 5.73 Å². The van der Waals surface area contributed by atoms with Gasteiger partial charge in [-0.15, -0.1) is 0 Å². The highest BCUT2D eigenvalue weighted by atomic mass is 79.9. The van der Waals surface area contributed by atoms with E-state index in [2.05, 4.69) is 27.8 Å². The molecule has 0 fully saturated rings. The van der Waals surface area contributed by atoms with Crippen molar-refractivity contribution in [3.05, 3.63) is 33.4 Å². The molecule has 0 aromatic heterocycles. The van der Waals surface area contributed by atoms with Gasteiger partial charge in [0.2, 0.25) is 0 Å². The maximum Gasteiger partial charge on any atom is 0.271 e. The lowest BCUT2D eigenvalue weighted by Gasteiger charge is -2.02. The van der Waals surface area contributed by atoms with Gasteiger partial charge in [0.15, 0.2) is 0 Å². The number of anilines is 1. The number of hydrogen-bond donors (Lipinski definition) is 1. The van der Waals surface area contributed by atoms with E-state index in [-0.39, 0.29) is 5.69 Å². The molecule has 1 aromatic carbocycles. The van der Waals surface area contributed by atoms with Gasteiger partial charge in [-0.3, -0.25) is 10.1 Å². The molecule has 1 aromatic rings. The number of nitrogen functional groups attached to an aromatic ring is 1. The lowest BCUT2D eigenvalue weighted by atomic mass is 10.1. The molecule has 0 aliphatic heterocycles. The Morgan fingerprint density at radius 1 is 1.56 bits per heavy atom. The molecule has 84 valence electrons. The number of nitro benzene ring substituents is 1.